The molecule has 2 heterocycles. The Bertz CT molecular complexity index is 1060. The van der Waals surface area contributed by atoms with E-state index in [0.717, 1.165) is 31.2 Å². The Morgan fingerprint density at radius 2 is 1.72 bits per heavy atom. The van der Waals surface area contributed by atoms with Gasteiger partial charge in [-0.15, -0.1) is 0 Å². The lowest BCUT2D eigenvalue weighted by Gasteiger charge is -2.42. The largest absolute Gasteiger partial charge is 0.333 e. The SMILES string of the molecule is CC1CCCCC1C(=O)N1CCc2ccc(F)cc2C1CN1C(=O)c2ccccc2C1=O. The van der Waals surface area contributed by atoms with Crippen LogP contribution in [-0.2, 0) is 11.2 Å². The van der Waals surface area contributed by atoms with Crippen molar-refractivity contribution in [2.45, 2.75) is 45.1 Å². The summed E-state index contributed by atoms with van der Waals surface area (Å²) in [5, 5.41) is 0. The summed E-state index contributed by atoms with van der Waals surface area (Å²) >= 11 is 0. The van der Waals surface area contributed by atoms with E-state index in [4.69, 9.17) is 0 Å². The van der Waals surface area contributed by atoms with E-state index in [9.17, 15) is 18.8 Å². The van der Waals surface area contributed by atoms with Crippen LogP contribution in [0.5, 0.6) is 0 Å². The van der Waals surface area contributed by atoms with Gasteiger partial charge in [-0.3, -0.25) is 19.3 Å². The first-order valence-corrected chi connectivity index (χ1v) is 11.5. The first kappa shape index (κ1) is 20.9. The smallest absolute Gasteiger partial charge is 0.261 e. The Hall–Kier alpha value is -3.02. The fourth-order valence-electron chi connectivity index (χ4n) is 5.60. The summed E-state index contributed by atoms with van der Waals surface area (Å²) in [6.07, 6.45) is 4.69. The highest BCUT2D eigenvalue weighted by Gasteiger charge is 2.42. The lowest BCUT2D eigenvalue weighted by Crippen LogP contribution is -2.49. The summed E-state index contributed by atoms with van der Waals surface area (Å²) in [4.78, 5) is 42.7. The highest BCUT2D eigenvalue weighted by Crippen LogP contribution is 2.38. The Balaban J connectivity index is 1.50. The van der Waals surface area contributed by atoms with Crippen molar-refractivity contribution in [3.8, 4) is 0 Å². The summed E-state index contributed by atoms with van der Waals surface area (Å²) < 4.78 is 14.2. The Morgan fingerprint density at radius 1 is 1.03 bits per heavy atom. The van der Waals surface area contributed by atoms with Gasteiger partial charge in [-0.2, -0.15) is 0 Å². The van der Waals surface area contributed by atoms with Crippen molar-refractivity contribution in [3.63, 3.8) is 0 Å². The Labute approximate surface area is 187 Å². The van der Waals surface area contributed by atoms with Crippen LogP contribution in [0.15, 0.2) is 42.5 Å². The first-order valence-electron chi connectivity index (χ1n) is 11.5. The first-order chi connectivity index (χ1) is 15.5. The van der Waals surface area contributed by atoms with Crippen LogP contribution in [0.4, 0.5) is 4.39 Å². The molecule has 2 aromatic carbocycles. The van der Waals surface area contributed by atoms with Gasteiger partial charge in [0.05, 0.1) is 23.7 Å². The number of fused-ring (bicyclic) bond motifs is 2. The molecule has 5 nitrogen and oxygen atoms in total. The Kier molecular flexibility index (Phi) is 5.31. The number of rotatable bonds is 3. The fraction of sp³-hybridized carbons (Fsp3) is 0.423. The van der Waals surface area contributed by atoms with E-state index < -0.39 is 6.04 Å². The van der Waals surface area contributed by atoms with E-state index in [2.05, 4.69) is 6.92 Å². The van der Waals surface area contributed by atoms with Gasteiger partial charge in [0.1, 0.15) is 5.82 Å². The van der Waals surface area contributed by atoms with Crippen LogP contribution in [0, 0.1) is 17.7 Å². The van der Waals surface area contributed by atoms with E-state index in [1.165, 1.54) is 17.0 Å². The molecule has 3 unspecified atom stereocenters. The van der Waals surface area contributed by atoms with Crippen LogP contribution < -0.4 is 0 Å². The zero-order valence-electron chi connectivity index (χ0n) is 18.2. The maximum absolute atomic E-state index is 14.2. The minimum Gasteiger partial charge on any atom is -0.333 e. The molecular weight excluding hydrogens is 407 g/mol. The van der Waals surface area contributed by atoms with E-state index in [-0.39, 0.29) is 36.0 Å². The number of amides is 3. The monoisotopic (exact) mass is 434 g/mol. The van der Waals surface area contributed by atoms with Crippen LogP contribution in [0.2, 0.25) is 0 Å². The van der Waals surface area contributed by atoms with Crippen molar-refractivity contribution in [2.24, 2.45) is 11.8 Å². The number of carbonyl (C=O) groups is 3. The average Bonchev–Trinajstić information content (AvgIpc) is 3.04. The average molecular weight is 435 g/mol. The van der Waals surface area contributed by atoms with Crippen LogP contribution in [0.1, 0.15) is 70.5 Å². The zero-order chi connectivity index (χ0) is 22.4. The predicted octanol–water partition coefficient (Wildman–Crippen LogP) is 4.37. The van der Waals surface area contributed by atoms with Crippen molar-refractivity contribution in [1.82, 2.24) is 9.80 Å². The Morgan fingerprint density at radius 3 is 2.41 bits per heavy atom. The van der Waals surface area contributed by atoms with Crippen LogP contribution >= 0.6 is 0 Å². The highest BCUT2D eigenvalue weighted by molar-refractivity contribution is 6.21. The van der Waals surface area contributed by atoms with Crippen LogP contribution in [-0.4, -0.2) is 40.6 Å². The fourth-order valence-corrected chi connectivity index (χ4v) is 5.60. The zero-order valence-corrected chi connectivity index (χ0v) is 18.2. The molecule has 0 spiro atoms. The predicted molar refractivity (Wildman–Crippen MR) is 117 cm³/mol. The molecule has 1 aliphatic carbocycles. The molecule has 3 atom stereocenters. The van der Waals surface area contributed by atoms with Crippen LogP contribution in [0.25, 0.3) is 0 Å². The van der Waals surface area contributed by atoms with E-state index in [1.807, 2.05) is 0 Å². The quantitative estimate of drug-likeness (QED) is 0.674. The second kappa shape index (κ2) is 8.15. The number of imide groups is 1. The highest BCUT2D eigenvalue weighted by atomic mass is 19.1. The summed E-state index contributed by atoms with van der Waals surface area (Å²) in [5.41, 5.74) is 2.43. The standard InChI is InChI=1S/C26H27FN2O3/c1-16-6-2-3-7-19(16)24(30)28-13-12-17-10-11-18(27)14-22(17)23(28)15-29-25(31)20-8-4-5-9-21(20)26(29)32/h4-5,8-11,14,16,19,23H,2-3,6-7,12-13,15H2,1H3. The third-order valence-corrected chi connectivity index (χ3v) is 7.41. The van der Waals surface area contributed by atoms with Crippen molar-refractivity contribution >= 4 is 17.7 Å². The number of benzene rings is 2. The molecule has 0 bridgehead atoms. The van der Waals surface area contributed by atoms with Crippen molar-refractivity contribution in [1.29, 1.82) is 0 Å². The van der Waals surface area contributed by atoms with Crippen LogP contribution in [0.3, 0.4) is 0 Å². The summed E-state index contributed by atoms with van der Waals surface area (Å²) in [7, 11) is 0. The van der Waals surface area contributed by atoms with Gasteiger partial charge in [0, 0.05) is 12.5 Å². The summed E-state index contributed by atoms with van der Waals surface area (Å²) in [6, 6.07) is 10.9. The number of nitrogens with zero attached hydrogens (tertiary/aromatic N) is 2. The third-order valence-electron chi connectivity index (χ3n) is 7.41. The van der Waals surface area contributed by atoms with Gasteiger partial charge in [0.25, 0.3) is 11.8 Å². The lowest BCUT2D eigenvalue weighted by atomic mass is 9.78. The molecular formula is C26H27FN2O3. The molecule has 0 aromatic heterocycles. The number of carbonyl (C=O) groups excluding carboxylic acids is 3. The minimum atomic E-state index is -0.543. The normalized spacial score (nSPS) is 25.0. The molecule has 5 rings (SSSR count). The number of halogens is 1. The summed E-state index contributed by atoms with van der Waals surface area (Å²) in [5.74, 6) is -0.793. The van der Waals surface area contributed by atoms with E-state index in [1.54, 1.807) is 35.2 Å². The maximum atomic E-state index is 14.2. The van der Waals surface area contributed by atoms with Gasteiger partial charge in [0.2, 0.25) is 5.91 Å². The number of hydrogen-bond donors (Lipinski definition) is 0. The molecule has 166 valence electrons. The number of hydrogen-bond acceptors (Lipinski definition) is 3. The van der Waals surface area contributed by atoms with Gasteiger partial charge in [-0.25, -0.2) is 4.39 Å². The van der Waals surface area contributed by atoms with Gasteiger partial charge in [0.15, 0.2) is 0 Å². The molecule has 1 fully saturated rings. The molecule has 0 radical (unpaired) electrons. The molecule has 0 saturated heterocycles. The molecule has 0 N–H and O–H groups in total. The van der Waals surface area contributed by atoms with Crippen molar-refractivity contribution in [2.75, 3.05) is 13.1 Å². The second-order valence-electron chi connectivity index (χ2n) is 9.28. The topological polar surface area (TPSA) is 57.7 Å². The third kappa shape index (κ3) is 3.42. The molecule has 2 aromatic rings. The summed E-state index contributed by atoms with van der Waals surface area (Å²) in [6.45, 7) is 2.67. The minimum absolute atomic E-state index is 0.0373. The van der Waals surface area contributed by atoms with Crippen molar-refractivity contribution < 1.29 is 18.8 Å². The second-order valence-corrected chi connectivity index (χ2v) is 9.28. The lowest BCUT2D eigenvalue weighted by molar-refractivity contribution is -0.141. The van der Waals surface area contributed by atoms with E-state index in [0.29, 0.717) is 35.6 Å². The van der Waals surface area contributed by atoms with Crippen molar-refractivity contribution in [3.05, 3.63) is 70.5 Å². The molecule has 3 aliphatic rings. The molecule has 1 saturated carbocycles. The van der Waals surface area contributed by atoms with Gasteiger partial charge in [-0.1, -0.05) is 38.0 Å². The van der Waals surface area contributed by atoms with Gasteiger partial charge < -0.3 is 4.90 Å². The molecule has 6 heteroatoms. The van der Waals surface area contributed by atoms with Gasteiger partial charge >= 0.3 is 0 Å². The molecule has 2 aliphatic heterocycles. The van der Waals surface area contributed by atoms with Gasteiger partial charge in [-0.05, 0) is 60.6 Å². The molecule has 3 amide bonds. The maximum Gasteiger partial charge on any atom is 0.261 e. The molecule has 32 heavy (non-hydrogen) atoms. The van der Waals surface area contributed by atoms with E-state index >= 15 is 0 Å².